The average molecular weight is 362 g/mol. The van der Waals surface area contributed by atoms with Crippen molar-refractivity contribution in [2.75, 3.05) is 36.4 Å². The molecule has 0 saturated carbocycles. The van der Waals surface area contributed by atoms with Crippen LogP contribution in [0.3, 0.4) is 0 Å². The number of anilines is 2. The van der Waals surface area contributed by atoms with Crippen molar-refractivity contribution in [2.24, 2.45) is 11.8 Å². The molecular weight excluding hydrogens is 340 g/mol. The van der Waals surface area contributed by atoms with E-state index in [4.69, 9.17) is 0 Å². The number of hydrogen-bond acceptors (Lipinski definition) is 5. The van der Waals surface area contributed by atoms with E-state index in [0.29, 0.717) is 5.56 Å². The first-order chi connectivity index (χ1) is 13.2. The molecule has 0 bridgehead atoms. The van der Waals surface area contributed by atoms with Crippen molar-refractivity contribution in [1.82, 2.24) is 19.7 Å². The summed E-state index contributed by atoms with van der Waals surface area (Å²) in [5.41, 5.74) is 3.10. The van der Waals surface area contributed by atoms with Gasteiger partial charge in [-0.2, -0.15) is 0 Å². The highest BCUT2D eigenvalue weighted by atomic mass is 16.1. The van der Waals surface area contributed by atoms with Crippen molar-refractivity contribution >= 4 is 23.1 Å². The molecule has 2 N–H and O–H groups in total. The third kappa shape index (κ3) is 3.04. The second kappa shape index (κ2) is 6.35. The summed E-state index contributed by atoms with van der Waals surface area (Å²) in [4.78, 5) is 23.8. The number of nitrogens with zero attached hydrogens (tertiary/aromatic N) is 4. The largest absolute Gasteiger partial charge is 0.356 e. The van der Waals surface area contributed by atoms with Gasteiger partial charge in [0, 0.05) is 44.8 Å². The van der Waals surface area contributed by atoms with Crippen molar-refractivity contribution in [3.63, 3.8) is 0 Å². The number of pyridine rings is 2. The SMILES string of the molecule is Cc1cn2cc(NC(=O)c3ccc(N4C[C@H]5CNC[C@H]5C4)nc3)ccc2n1. The first-order valence-electron chi connectivity index (χ1n) is 9.34. The molecule has 2 atom stereocenters. The van der Waals surface area contributed by atoms with Crippen LogP contribution in [0.4, 0.5) is 11.5 Å². The molecule has 2 aliphatic heterocycles. The topological polar surface area (TPSA) is 74.6 Å². The molecule has 0 radical (unpaired) electrons. The molecule has 0 aromatic carbocycles. The molecule has 7 heteroatoms. The molecule has 27 heavy (non-hydrogen) atoms. The van der Waals surface area contributed by atoms with Crippen molar-refractivity contribution < 1.29 is 4.79 Å². The maximum atomic E-state index is 12.5. The van der Waals surface area contributed by atoms with E-state index in [1.54, 1.807) is 6.20 Å². The minimum atomic E-state index is -0.160. The number of rotatable bonds is 3. The Bertz CT molecular complexity index is 983. The molecule has 5 rings (SSSR count). The number of nitrogens with one attached hydrogen (secondary N) is 2. The third-order valence-electron chi connectivity index (χ3n) is 5.55. The Morgan fingerprint density at radius 3 is 2.70 bits per heavy atom. The first-order valence-corrected chi connectivity index (χ1v) is 9.34. The molecule has 0 unspecified atom stereocenters. The Hall–Kier alpha value is -2.93. The van der Waals surface area contributed by atoms with Gasteiger partial charge in [-0.25, -0.2) is 9.97 Å². The first kappa shape index (κ1) is 16.3. The highest BCUT2D eigenvalue weighted by molar-refractivity contribution is 6.04. The summed E-state index contributed by atoms with van der Waals surface area (Å²) in [5, 5.41) is 6.38. The molecule has 1 amide bonds. The van der Waals surface area contributed by atoms with Gasteiger partial charge in [0.15, 0.2) is 0 Å². The second-order valence-corrected chi connectivity index (χ2v) is 7.51. The lowest BCUT2D eigenvalue weighted by molar-refractivity contribution is 0.102. The van der Waals surface area contributed by atoms with Gasteiger partial charge >= 0.3 is 0 Å². The van der Waals surface area contributed by atoms with Crippen LogP contribution in [-0.2, 0) is 0 Å². The zero-order valence-corrected chi connectivity index (χ0v) is 15.2. The number of fused-ring (bicyclic) bond motifs is 2. The van der Waals surface area contributed by atoms with E-state index in [2.05, 4.69) is 25.5 Å². The van der Waals surface area contributed by atoms with Gasteiger partial charge in [0.05, 0.1) is 16.9 Å². The summed E-state index contributed by atoms with van der Waals surface area (Å²) in [6.45, 7) is 6.23. The number of carbonyl (C=O) groups excluding carboxylic acids is 1. The Kier molecular flexibility index (Phi) is 3.82. The fourth-order valence-electron chi connectivity index (χ4n) is 4.15. The molecule has 0 spiro atoms. The van der Waals surface area contributed by atoms with Gasteiger partial charge < -0.3 is 19.9 Å². The van der Waals surface area contributed by atoms with E-state index in [0.717, 1.165) is 60.9 Å². The van der Waals surface area contributed by atoms with Gasteiger partial charge in [0.1, 0.15) is 11.5 Å². The Labute approximate surface area is 157 Å². The van der Waals surface area contributed by atoms with Gasteiger partial charge in [0.2, 0.25) is 0 Å². The van der Waals surface area contributed by atoms with Gasteiger partial charge in [-0.15, -0.1) is 0 Å². The predicted molar refractivity (Wildman–Crippen MR) is 104 cm³/mol. The highest BCUT2D eigenvalue weighted by Gasteiger charge is 2.36. The van der Waals surface area contributed by atoms with Crippen LogP contribution in [0.25, 0.3) is 5.65 Å². The molecular formula is C20H22N6O. The lowest BCUT2D eigenvalue weighted by atomic mass is 10.0. The van der Waals surface area contributed by atoms with E-state index in [-0.39, 0.29) is 5.91 Å². The van der Waals surface area contributed by atoms with Crippen molar-refractivity contribution in [3.05, 3.63) is 54.1 Å². The summed E-state index contributed by atoms with van der Waals surface area (Å²) in [5.74, 6) is 2.23. The van der Waals surface area contributed by atoms with Crippen molar-refractivity contribution in [3.8, 4) is 0 Å². The van der Waals surface area contributed by atoms with Crippen molar-refractivity contribution in [1.29, 1.82) is 0 Å². The summed E-state index contributed by atoms with van der Waals surface area (Å²) in [6, 6.07) is 7.55. The van der Waals surface area contributed by atoms with Gasteiger partial charge in [-0.3, -0.25) is 4.79 Å². The fourth-order valence-corrected chi connectivity index (χ4v) is 4.15. The van der Waals surface area contributed by atoms with Crippen LogP contribution in [0, 0.1) is 18.8 Å². The van der Waals surface area contributed by atoms with E-state index >= 15 is 0 Å². The number of amides is 1. The number of carbonyl (C=O) groups is 1. The molecule has 3 aromatic heterocycles. The molecule has 138 valence electrons. The van der Waals surface area contributed by atoms with E-state index in [9.17, 15) is 4.79 Å². The van der Waals surface area contributed by atoms with Gasteiger partial charge in [-0.1, -0.05) is 0 Å². The maximum absolute atomic E-state index is 12.5. The predicted octanol–water partition coefficient (Wildman–Crippen LogP) is 1.95. The van der Waals surface area contributed by atoms with Crippen LogP contribution in [-0.4, -0.2) is 46.5 Å². The lowest BCUT2D eigenvalue weighted by Gasteiger charge is -2.18. The number of hydrogen-bond donors (Lipinski definition) is 2. The third-order valence-corrected chi connectivity index (χ3v) is 5.55. The number of aryl methyl sites for hydroxylation is 1. The summed E-state index contributed by atoms with van der Waals surface area (Å²) in [7, 11) is 0. The number of imidazole rings is 1. The molecule has 7 nitrogen and oxygen atoms in total. The zero-order valence-electron chi connectivity index (χ0n) is 15.2. The zero-order chi connectivity index (χ0) is 18.4. The monoisotopic (exact) mass is 362 g/mol. The van der Waals surface area contributed by atoms with Gasteiger partial charge in [-0.05, 0) is 43.0 Å². The minimum absolute atomic E-state index is 0.160. The second-order valence-electron chi connectivity index (χ2n) is 7.51. The van der Waals surface area contributed by atoms with Crippen LogP contribution in [0.5, 0.6) is 0 Å². The maximum Gasteiger partial charge on any atom is 0.257 e. The van der Waals surface area contributed by atoms with Crippen LogP contribution < -0.4 is 15.5 Å². The molecule has 2 fully saturated rings. The van der Waals surface area contributed by atoms with E-state index < -0.39 is 0 Å². The minimum Gasteiger partial charge on any atom is -0.356 e. The molecule has 2 saturated heterocycles. The molecule has 5 heterocycles. The fraction of sp³-hybridized carbons (Fsp3) is 0.350. The number of aromatic nitrogens is 3. The van der Waals surface area contributed by atoms with Crippen molar-refractivity contribution in [2.45, 2.75) is 6.92 Å². The van der Waals surface area contributed by atoms with Crippen LogP contribution in [0.2, 0.25) is 0 Å². The molecule has 0 aliphatic carbocycles. The van der Waals surface area contributed by atoms with Crippen LogP contribution in [0.15, 0.2) is 42.9 Å². The van der Waals surface area contributed by atoms with E-state index in [1.807, 2.05) is 48.0 Å². The lowest BCUT2D eigenvalue weighted by Crippen LogP contribution is -2.26. The van der Waals surface area contributed by atoms with Gasteiger partial charge in [0.25, 0.3) is 5.91 Å². The van der Waals surface area contributed by atoms with Crippen LogP contribution in [0.1, 0.15) is 16.1 Å². The summed E-state index contributed by atoms with van der Waals surface area (Å²) >= 11 is 0. The Balaban J connectivity index is 1.28. The molecule has 3 aromatic rings. The highest BCUT2D eigenvalue weighted by Crippen LogP contribution is 2.29. The average Bonchev–Trinajstić information content (AvgIpc) is 3.35. The summed E-state index contributed by atoms with van der Waals surface area (Å²) in [6.07, 6.45) is 5.46. The quantitative estimate of drug-likeness (QED) is 0.745. The normalized spacial score (nSPS) is 21.6. The van der Waals surface area contributed by atoms with Crippen LogP contribution >= 0.6 is 0 Å². The Morgan fingerprint density at radius 1 is 1.15 bits per heavy atom. The summed E-state index contributed by atoms with van der Waals surface area (Å²) < 4.78 is 1.91. The smallest absolute Gasteiger partial charge is 0.257 e. The molecule has 2 aliphatic rings. The Morgan fingerprint density at radius 2 is 1.96 bits per heavy atom. The standard InChI is InChI=1S/C20H22N6O/c1-13-9-25-12-17(3-5-19(25)23-13)24-20(27)14-2-4-18(22-8-14)26-10-15-6-21-7-16(15)11-26/h2-5,8-9,12,15-16,21H,6-7,10-11H2,1H3,(H,24,27)/t15-,16+. The van der Waals surface area contributed by atoms with E-state index in [1.165, 1.54) is 0 Å².